The van der Waals surface area contributed by atoms with Crippen molar-refractivity contribution in [3.05, 3.63) is 108 Å². The molecule has 0 heterocycles. The van der Waals surface area contributed by atoms with Crippen molar-refractivity contribution in [3.8, 4) is 0 Å². The highest BCUT2D eigenvalue weighted by Crippen LogP contribution is 2.43. The second kappa shape index (κ2) is 10.4. The summed E-state index contributed by atoms with van der Waals surface area (Å²) in [5.74, 6) is 0. The molecule has 0 N–H and O–H groups in total. The third-order valence-corrected chi connectivity index (χ3v) is 6.83. The Morgan fingerprint density at radius 2 is 1.00 bits per heavy atom. The van der Waals surface area contributed by atoms with Crippen LogP contribution in [0, 0.1) is 0 Å². The molecule has 0 saturated heterocycles. The van der Waals surface area contributed by atoms with E-state index in [1.807, 2.05) is 0 Å². The van der Waals surface area contributed by atoms with Gasteiger partial charge in [0.2, 0.25) is 0 Å². The van der Waals surface area contributed by atoms with Crippen molar-refractivity contribution in [2.75, 3.05) is 12.3 Å². The van der Waals surface area contributed by atoms with E-state index in [4.69, 9.17) is 0 Å². The molecule has 3 rings (SSSR count). The molecule has 3 aromatic rings. The number of benzene rings is 3. The summed E-state index contributed by atoms with van der Waals surface area (Å²) >= 11 is 0. The van der Waals surface area contributed by atoms with Crippen molar-refractivity contribution in [1.29, 1.82) is 0 Å². The molecule has 0 aliphatic carbocycles. The van der Waals surface area contributed by atoms with Crippen LogP contribution in [0.1, 0.15) is 49.3 Å². The largest absolute Gasteiger partial charge is 0.122 e. The van der Waals surface area contributed by atoms with E-state index >= 15 is 0 Å². The summed E-state index contributed by atoms with van der Waals surface area (Å²) in [5.41, 5.74) is 4.14. The zero-order valence-electron chi connectivity index (χ0n) is 16.4. The van der Waals surface area contributed by atoms with E-state index in [9.17, 15) is 0 Å². The van der Waals surface area contributed by atoms with Crippen molar-refractivity contribution >= 4 is 8.58 Å². The van der Waals surface area contributed by atoms with E-state index in [1.54, 1.807) is 0 Å². The molecule has 1 heteroatoms. The average Bonchev–Trinajstić information content (AvgIpc) is 2.75. The second-order valence-electron chi connectivity index (χ2n) is 7.21. The summed E-state index contributed by atoms with van der Waals surface area (Å²) < 4.78 is 0. The van der Waals surface area contributed by atoms with E-state index in [-0.39, 0.29) is 5.41 Å². The molecule has 0 aromatic heterocycles. The Labute approximate surface area is 166 Å². The minimum absolute atomic E-state index is 0.0704. The Kier molecular flexibility index (Phi) is 7.66. The Bertz CT molecular complexity index is 668. The van der Waals surface area contributed by atoms with Gasteiger partial charge >= 0.3 is 0 Å². The van der Waals surface area contributed by atoms with Crippen LogP contribution >= 0.6 is 8.58 Å². The first-order valence-electron chi connectivity index (χ1n) is 10.2. The molecule has 0 fully saturated rings. The first kappa shape index (κ1) is 19.8. The van der Waals surface area contributed by atoms with E-state index in [0.717, 1.165) is 15.0 Å². The number of unbranched alkanes of at least 4 members (excludes halogenated alkanes) is 1. The van der Waals surface area contributed by atoms with Gasteiger partial charge in [0.05, 0.1) is 0 Å². The zero-order valence-corrected chi connectivity index (χ0v) is 17.4. The van der Waals surface area contributed by atoms with Gasteiger partial charge in [-0.1, -0.05) is 104 Å². The summed E-state index contributed by atoms with van der Waals surface area (Å²) in [6.07, 6.45) is 7.85. The first-order valence-corrected chi connectivity index (χ1v) is 11.7. The topological polar surface area (TPSA) is 0 Å². The molecule has 0 spiro atoms. The lowest BCUT2D eigenvalue weighted by Crippen LogP contribution is -2.29. The third kappa shape index (κ3) is 4.88. The van der Waals surface area contributed by atoms with Gasteiger partial charge in [-0.25, -0.2) is 0 Å². The molecular weight excluding hydrogens is 343 g/mol. The fraction of sp³-hybridized carbons (Fsp3) is 0.308. The molecule has 1 unspecified atom stereocenters. The van der Waals surface area contributed by atoms with Gasteiger partial charge in [-0.05, 0) is 48.3 Å². The fourth-order valence-corrected chi connectivity index (χ4v) is 5.29. The number of rotatable bonds is 10. The first-order chi connectivity index (χ1) is 13.4. The average molecular weight is 375 g/mol. The van der Waals surface area contributed by atoms with Crippen molar-refractivity contribution < 1.29 is 0 Å². The van der Waals surface area contributed by atoms with Gasteiger partial charge in [0.15, 0.2) is 0 Å². The predicted octanol–water partition coefficient (Wildman–Crippen LogP) is 7.28. The lowest BCUT2D eigenvalue weighted by atomic mass is 9.67. The summed E-state index contributed by atoms with van der Waals surface area (Å²) in [6.45, 7) is 2.29. The van der Waals surface area contributed by atoms with E-state index in [1.165, 1.54) is 48.3 Å². The van der Waals surface area contributed by atoms with Gasteiger partial charge in [0, 0.05) is 5.41 Å². The van der Waals surface area contributed by atoms with Crippen molar-refractivity contribution in [3.63, 3.8) is 0 Å². The van der Waals surface area contributed by atoms with Crippen LogP contribution in [0.5, 0.6) is 0 Å². The van der Waals surface area contributed by atoms with Gasteiger partial charge in [0.1, 0.15) is 0 Å². The molecule has 27 heavy (non-hydrogen) atoms. The SMILES string of the molecule is CCCCPCCCC(c1ccccc1)(c1ccccc1)c1ccccc1. The van der Waals surface area contributed by atoms with Crippen LogP contribution in [0.4, 0.5) is 0 Å². The molecule has 0 saturated carbocycles. The summed E-state index contributed by atoms with van der Waals surface area (Å²) in [5, 5.41) is 0. The van der Waals surface area contributed by atoms with Gasteiger partial charge in [-0.2, -0.15) is 0 Å². The maximum atomic E-state index is 2.30. The Hall–Kier alpha value is -1.91. The molecule has 140 valence electrons. The predicted molar refractivity (Wildman–Crippen MR) is 121 cm³/mol. The summed E-state index contributed by atoms with van der Waals surface area (Å²) in [7, 11) is 1.10. The molecule has 0 amide bonds. The van der Waals surface area contributed by atoms with Crippen molar-refractivity contribution in [2.24, 2.45) is 0 Å². The van der Waals surface area contributed by atoms with Crippen LogP contribution in [0.25, 0.3) is 0 Å². The molecule has 1 atom stereocenters. The maximum absolute atomic E-state index is 2.30. The van der Waals surface area contributed by atoms with Crippen LogP contribution in [0.2, 0.25) is 0 Å². The molecule has 0 nitrogen and oxygen atoms in total. The Morgan fingerprint density at radius 3 is 1.41 bits per heavy atom. The van der Waals surface area contributed by atoms with E-state index in [0.29, 0.717) is 0 Å². The molecule has 3 aromatic carbocycles. The monoisotopic (exact) mass is 374 g/mol. The number of hydrogen-bond acceptors (Lipinski definition) is 0. The molecule has 0 radical (unpaired) electrons. The Balaban J connectivity index is 1.98. The molecular formula is C26H31P. The van der Waals surface area contributed by atoms with Gasteiger partial charge in [0.25, 0.3) is 0 Å². The van der Waals surface area contributed by atoms with Crippen LogP contribution in [0.15, 0.2) is 91.0 Å². The standard InChI is InChI=1S/C26H31P/c1-2-3-21-27-22-13-20-26(23-14-7-4-8-15-23,24-16-9-5-10-17-24)25-18-11-6-12-19-25/h4-12,14-19,27H,2-3,13,20-22H2,1H3. The fourth-order valence-electron chi connectivity index (χ4n) is 4.01. The highest BCUT2D eigenvalue weighted by atomic mass is 31.1. The van der Waals surface area contributed by atoms with E-state index in [2.05, 4.69) is 97.9 Å². The lowest BCUT2D eigenvalue weighted by Gasteiger charge is -2.36. The third-order valence-electron chi connectivity index (χ3n) is 5.41. The van der Waals surface area contributed by atoms with Crippen LogP contribution in [-0.4, -0.2) is 12.3 Å². The maximum Gasteiger partial charge on any atom is 0.0451 e. The Morgan fingerprint density at radius 1 is 0.593 bits per heavy atom. The van der Waals surface area contributed by atoms with Crippen LogP contribution < -0.4 is 0 Å². The summed E-state index contributed by atoms with van der Waals surface area (Å²) in [4.78, 5) is 0. The normalized spacial score (nSPS) is 11.9. The van der Waals surface area contributed by atoms with Crippen LogP contribution in [0.3, 0.4) is 0 Å². The minimum atomic E-state index is -0.0704. The quantitative estimate of drug-likeness (QED) is 0.199. The van der Waals surface area contributed by atoms with E-state index < -0.39 is 0 Å². The zero-order chi connectivity index (χ0) is 18.8. The van der Waals surface area contributed by atoms with Gasteiger partial charge < -0.3 is 0 Å². The van der Waals surface area contributed by atoms with Gasteiger partial charge in [-0.15, -0.1) is 8.58 Å². The van der Waals surface area contributed by atoms with Crippen molar-refractivity contribution in [1.82, 2.24) is 0 Å². The lowest BCUT2D eigenvalue weighted by molar-refractivity contribution is 0.552. The molecule has 0 aliphatic rings. The van der Waals surface area contributed by atoms with Gasteiger partial charge in [-0.3, -0.25) is 0 Å². The summed E-state index contributed by atoms with van der Waals surface area (Å²) in [6, 6.07) is 33.3. The number of hydrogen-bond donors (Lipinski definition) is 0. The van der Waals surface area contributed by atoms with Crippen molar-refractivity contribution in [2.45, 2.75) is 38.0 Å². The van der Waals surface area contributed by atoms with Crippen LogP contribution in [-0.2, 0) is 5.41 Å². The molecule has 0 aliphatic heterocycles. The minimum Gasteiger partial charge on any atom is -0.122 e. The highest BCUT2D eigenvalue weighted by Gasteiger charge is 2.35. The smallest absolute Gasteiger partial charge is 0.0451 e. The second-order valence-corrected chi connectivity index (χ2v) is 8.71. The molecule has 0 bridgehead atoms. The highest BCUT2D eigenvalue weighted by molar-refractivity contribution is 7.37.